The number of rotatable bonds is 5. The maximum absolute atomic E-state index is 11.4. The van der Waals surface area contributed by atoms with E-state index in [1.54, 1.807) is 7.05 Å². The lowest BCUT2D eigenvalue weighted by Crippen LogP contribution is -2.54. The first kappa shape index (κ1) is 15.0. The van der Waals surface area contributed by atoms with Crippen molar-refractivity contribution in [2.24, 2.45) is 0 Å². The maximum atomic E-state index is 11.4. The third-order valence-corrected chi connectivity index (χ3v) is 4.13. The van der Waals surface area contributed by atoms with Gasteiger partial charge in [-0.1, -0.05) is 36.2 Å². The number of carbonyl (C=O) groups is 1. The summed E-state index contributed by atoms with van der Waals surface area (Å²) in [5, 5.41) is 12.3. The molecule has 1 heterocycles. The van der Waals surface area contributed by atoms with E-state index < -0.39 is 12.0 Å². The molecule has 1 fully saturated rings. The molecule has 0 amide bonds. The van der Waals surface area contributed by atoms with Gasteiger partial charge in [0.2, 0.25) is 0 Å². The van der Waals surface area contributed by atoms with Crippen molar-refractivity contribution in [2.45, 2.75) is 44.8 Å². The molecule has 4 heteroatoms. The number of hydrogen-bond donors (Lipinski definition) is 2. The van der Waals surface area contributed by atoms with Gasteiger partial charge in [0.15, 0.2) is 0 Å². The Morgan fingerprint density at radius 2 is 2.10 bits per heavy atom. The van der Waals surface area contributed by atoms with E-state index in [4.69, 9.17) is 0 Å². The van der Waals surface area contributed by atoms with Crippen molar-refractivity contribution in [3.63, 3.8) is 0 Å². The molecule has 0 spiro atoms. The Kier molecular flexibility index (Phi) is 5.15. The number of aliphatic carboxylic acids is 1. The largest absolute Gasteiger partial charge is 0.480 e. The summed E-state index contributed by atoms with van der Waals surface area (Å²) in [6.07, 6.45) is 3.21. The van der Waals surface area contributed by atoms with Gasteiger partial charge in [0, 0.05) is 12.6 Å². The fourth-order valence-electron chi connectivity index (χ4n) is 3.00. The van der Waals surface area contributed by atoms with E-state index >= 15 is 0 Å². The highest BCUT2D eigenvalue weighted by molar-refractivity contribution is 5.74. The number of carboxylic acids is 1. The highest BCUT2D eigenvalue weighted by atomic mass is 16.4. The van der Waals surface area contributed by atoms with E-state index in [2.05, 4.69) is 41.4 Å². The first-order chi connectivity index (χ1) is 9.61. The normalized spacial score (nSPS) is 21.6. The minimum Gasteiger partial charge on any atom is -0.480 e. The van der Waals surface area contributed by atoms with Gasteiger partial charge in [-0.2, -0.15) is 0 Å². The smallest absolute Gasteiger partial charge is 0.322 e. The fraction of sp³-hybridized carbons (Fsp3) is 0.562. The summed E-state index contributed by atoms with van der Waals surface area (Å²) in [7, 11) is 1.73. The standard InChI is InChI=1S/C16H24N2O2/c1-12-6-8-13(9-7-12)11-18-10-4-3-5-14(18)15(17-2)16(19)20/h6-9,14-15,17H,3-5,10-11H2,1-2H3,(H,19,20). The third-order valence-electron chi connectivity index (χ3n) is 4.13. The summed E-state index contributed by atoms with van der Waals surface area (Å²) in [6.45, 7) is 3.88. The Labute approximate surface area is 120 Å². The number of likely N-dealkylation sites (tertiary alicyclic amines) is 1. The number of benzene rings is 1. The number of likely N-dealkylation sites (N-methyl/N-ethyl adjacent to an activating group) is 1. The van der Waals surface area contributed by atoms with Gasteiger partial charge < -0.3 is 10.4 Å². The highest BCUT2D eigenvalue weighted by Crippen LogP contribution is 2.22. The Morgan fingerprint density at radius 1 is 1.40 bits per heavy atom. The molecule has 4 nitrogen and oxygen atoms in total. The van der Waals surface area contributed by atoms with E-state index in [1.807, 2.05) is 0 Å². The zero-order chi connectivity index (χ0) is 14.5. The zero-order valence-corrected chi connectivity index (χ0v) is 12.3. The molecule has 2 N–H and O–H groups in total. The van der Waals surface area contributed by atoms with Crippen LogP contribution in [0.15, 0.2) is 24.3 Å². The van der Waals surface area contributed by atoms with Crippen LogP contribution in [0.25, 0.3) is 0 Å². The average Bonchev–Trinajstić information content (AvgIpc) is 2.43. The molecule has 0 saturated carbocycles. The van der Waals surface area contributed by atoms with Crippen LogP contribution < -0.4 is 5.32 Å². The van der Waals surface area contributed by atoms with Crippen LogP contribution in [-0.2, 0) is 11.3 Å². The van der Waals surface area contributed by atoms with Crippen molar-refractivity contribution < 1.29 is 9.90 Å². The minimum atomic E-state index is -0.756. The molecule has 1 aromatic carbocycles. The molecule has 0 aromatic heterocycles. The summed E-state index contributed by atoms with van der Waals surface area (Å²) in [5.41, 5.74) is 2.50. The van der Waals surface area contributed by atoms with Crippen LogP contribution in [0.1, 0.15) is 30.4 Å². The summed E-state index contributed by atoms with van der Waals surface area (Å²) < 4.78 is 0. The second kappa shape index (κ2) is 6.86. The van der Waals surface area contributed by atoms with Crippen LogP contribution in [-0.4, -0.2) is 41.7 Å². The van der Waals surface area contributed by atoms with Gasteiger partial charge in [-0.05, 0) is 38.9 Å². The van der Waals surface area contributed by atoms with Crippen LogP contribution in [0.3, 0.4) is 0 Å². The van der Waals surface area contributed by atoms with E-state index in [1.165, 1.54) is 11.1 Å². The molecule has 0 bridgehead atoms. The van der Waals surface area contributed by atoms with Gasteiger partial charge in [-0.25, -0.2) is 0 Å². The maximum Gasteiger partial charge on any atom is 0.322 e. The van der Waals surface area contributed by atoms with Crippen LogP contribution in [0, 0.1) is 6.92 Å². The number of hydrogen-bond acceptors (Lipinski definition) is 3. The van der Waals surface area contributed by atoms with Gasteiger partial charge in [-0.15, -0.1) is 0 Å². The molecular weight excluding hydrogens is 252 g/mol. The Bertz CT molecular complexity index is 444. The first-order valence-corrected chi connectivity index (χ1v) is 7.31. The fourth-order valence-corrected chi connectivity index (χ4v) is 3.00. The van der Waals surface area contributed by atoms with E-state index in [9.17, 15) is 9.90 Å². The monoisotopic (exact) mass is 276 g/mol. The molecule has 110 valence electrons. The highest BCUT2D eigenvalue weighted by Gasteiger charge is 2.33. The van der Waals surface area contributed by atoms with Gasteiger partial charge in [-0.3, -0.25) is 9.69 Å². The predicted octanol–water partition coefficient (Wildman–Crippen LogP) is 2.02. The average molecular weight is 276 g/mol. The minimum absolute atomic E-state index is 0.0764. The molecule has 1 aromatic rings. The van der Waals surface area contributed by atoms with Gasteiger partial charge >= 0.3 is 5.97 Å². The number of piperidine rings is 1. The van der Waals surface area contributed by atoms with Crippen molar-refractivity contribution >= 4 is 5.97 Å². The molecule has 2 unspecified atom stereocenters. The lowest BCUT2D eigenvalue weighted by atomic mass is 9.95. The summed E-state index contributed by atoms with van der Waals surface area (Å²) in [4.78, 5) is 13.7. The van der Waals surface area contributed by atoms with Gasteiger partial charge in [0.25, 0.3) is 0 Å². The van der Waals surface area contributed by atoms with Crippen LogP contribution >= 0.6 is 0 Å². The number of nitrogens with one attached hydrogen (secondary N) is 1. The van der Waals surface area contributed by atoms with E-state index in [-0.39, 0.29) is 6.04 Å². The van der Waals surface area contributed by atoms with Crippen molar-refractivity contribution in [3.05, 3.63) is 35.4 Å². The predicted molar refractivity (Wildman–Crippen MR) is 79.7 cm³/mol. The molecule has 0 radical (unpaired) electrons. The van der Waals surface area contributed by atoms with Gasteiger partial charge in [0.1, 0.15) is 6.04 Å². The summed E-state index contributed by atoms with van der Waals surface area (Å²) in [5.74, 6) is -0.756. The molecule has 1 aliphatic heterocycles. The molecule has 2 rings (SSSR count). The second-order valence-electron chi connectivity index (χ2n) is 5.62. The topological polar surface area (TPSA) is 52.6 Å². The zero-order valence-electron chi connectivity index (χ0n) is 12.3. The Balaban J connectivity index is 2.10. The lowest BCUT2D eigenvalue weighted by molar-refractivity contribution is -0.141. The van der Waals surface area contributed by atoms with Crippen molar-refractivity contribution in [1.29, 1.82) is 0 Å². The van der Waals surface area contributed by atoms with Gasteiger partial charge in [0.05, 0.1) is 0 Å². The molecule has 1 saturated heterocycles. The second-order valence-corrected chi connectivity index (χ2v) is 5.62. The molecule has 2 atom stereocenters. The number of carboxylic acid groups (broad SMARTS) is 1. The Hall–Kier alpha value is -1.39. The Morgan fingerprint density at radius 3 is 2.70 bits per heavy atom. The molecule has 20 heavy (non-hydrogen) atoms. The van der Waals surface area contributed by atoms with Crippen LogP contribution in [0.4, 0.5) is 0 Å². The number of nitrogens with zero attached hydrogens (tertiary/aromatic N) is 1. The van der Waals surface area contributed by atoms with Crippen LogP contribution in [0.5, 0.6) is 0 Å². The molecular formula is C16H24N2O2. The number of aryl methyl sites for hydroxylation is 1. The van der Waals surface area contributed by atoms with Crippen molar-refractivity contribution in [2.75, 3.05) is 13.6 Å². The van der Waals surface area contributed by atoms with E-state index in [0.717, 1.165) is 32.4 Å². The summed E-state index contributed by atoms with van der Waals surface area (Å²) >= 11 is 0. The molecule has 1 aliphatic rings. The van der Waals surface area contributed by atoms with Crippen molar-refractivity contribution in [3.8, 4) is 0 Å². The van der Waals surface area contributed by atoms with Crippen molar-refractivity contribution in [1.82, 2.24) is 10.2 Å². The van der Waals surface area contributed by atoms with Crippen LogP contribution in [0.2, 0.25) is 0 Å². The SMILES string of the molecule is CNC(C(=O)O)C1CCCCN1Cc1ccc(C)cc1. The summed E-state index contributed by atoms with van der Waals surface area (Å²) in [6, 6.07) is 8.09. The lowest BCUT2D eigenvalue weighted by Gasteiger charge is -2.38. The third kappa shape index (κ3) is 3.58. The van der Waals surface area contributed by atoms with E-state index in [0.29, 0.717) is 0 Å². The quantitative estimate of drug-likeness (QED) is 0.864. The first-order valence-electron chi connectivity index (χ1n) is 7.31. The molecule has 0 aliphatic carbocycles.